The van der Waals surface area contributed by atoms with Gasteiger partial charge in [-0.3, -0.25) is 0 Å². The molecule has 2 nitrogen and oxygen atoms in total. The van der Waals surface area contributed by atoms with Crippen LogP contribution in [-0.2, 0) is 9.47 Å². The molecule has 3 heteroatoms. The van der Waals surface area contributed by atoms with Gasteiger partial charge in [-0.2, -0.15) is 12.6 Å². The summed E-state index contributed by atoms with van der Waals surface area (Å²) >= 11 is 4.40. The summed E-state index contributed by atoms with van der Waals surface area (Å²) in [6.45, 7) is 9.29. The van der Waals surface area contributed by atoms with Gasteiger partial charge < -0.3 is 9.47 Å². The Morgan fingerprint density at radius 1 is 1.33 bits per heavy atom. The third kappa shape index (κ3) is 4.75. The number of thiol groups is 1. The second-order valence-corrected chi connectivity index (χ2v) is 5.76. The molecule has 15 heavy (non-hydrogen) atoms. The van der Waals surface area contributed by atoms with E-state index in [1.54, 1.807) is 0 Å². The van der Waals surface area contributed by atoms with Crippen molar-refractivity contribution in [2.24, 2.45) is 11.3 Å². The van der Waals surface area contributed by atoms with Gasteiger partial charge in [0.15, 0.2) is 0 Å². The molecule has 1 rings (SSSR count). The van der Waals surface area contributed by atoms with E-state index in [1.165, 1.54) is 0 Å². The standard InChI is InChI=1S/C12H24O2S/c1-12(2,3)10(9-15)8-14-11-4-6-13-7-5-11/h10-11,15H,4-9H2,1-3H3. The van der Waals surface area contributed by atoms with Crippen LogP contribution in [0.5, 0.6) is 0 Å². The summed E-state index contributed by atoms with van der Waals surface area (Å²) in [5, 5.41) is 0. The van der Waals surface area contributed by atoms with Gasteiger partial charge in [0.2, 0.25) is 0 Å². The largest absolute Gasteiger partial charge is 0.381 e. The Labute approximate surface area is 99.1 Å². The van der Waals surface area contributed by atoms with Crippen LogP contribution in [0.15, 0.2) is 0 Å². The first-order chi connectivity index (χ1) is 7.04. The highest BCUT2D eigenvalue weighted by Crippen LogP contribution is 2.28. The Hall–Kier alpha value is 0.270. The third-order valence-electron chi connectivity index (χ3n) is 3.15. The normalized spacial score (nSPS) is 21.6. The van der Waals surface area contributed by atoms with Crippen molar-refractivity contribution in [1.82, 2.24) is 0 Å². The summed E-state index contributed by atoms with van der Waals surface area (Å²) in [6, 6.07) is 0. The minimum Gasteiger partial charge on any atom is -0.381 e. The van der Waals surface area contributed by atoms with Crippen molar-refractivity contribution in [1.29, 1.82) is 0 Å². The molecule has 0 spiro atoms. The highest BCUT2D eigenvalue weighted by Gasteiger charge is 2.25. The fourth-order valence-corrected chi connectivity index (χ4v) is 2.32. The molecule has 0 saturated carbocycles. The van der Waals surface area contributed by atoms with Crippen LogP contribution < -0.4 is 0 Å². The van der Waals surface area contributed by atoms with Crippen LogP contribution in [0, 0.1) is 11.3 Å². The minimum absolute atomic E-state index is 0.285. The van der Waals surface area contributed by atoms with Gasteiger partial charge in [-0.25, -0.2) is 0 Å². The maximum Gasteiger partial charge on any atom is 0.0619 e. The van der Waals surface area contributed by atoms with Crippen molar-refractivity contribution in [2.75, 3.05) is 25.6 Å². The zero-order chi connectivity index (χ0) is 11.3. The molecular formula is C12H24O2S. The Kier molecular flexibility index (Phi) is 5.44. The monoisotopic (exact) mass is 232 g/mol. The molecule has 1 saturated heterocycles. The lowest BCUT2D eigenvalue weighted by molar-refractivity contribution is -0.0509. The summed E-state index contributed by atoms with van der Waals surface area (Å²) < 4.78 is 11.2. The first kappa shape index (κ1) is 13.3. The minimum atomic E-state index is 0.285. The lowest BCUT2D eigenvalue weighted by Crippen LogP contribution is -2.31. The third-order valence-corrected chi connectivity index (χ3v) is 3.59. The average molecular weight is 232 g/mol. The van der Waals surface area contributed by atoms with Crippen LogP contribution in [0.25, 0.3) is 0 Å². The Balaban J connectivity index is 2.27. The molecule has 0 aromatic rings. The average Bonchev–Trinajstić information content (AvgIpc) is 2.18. The van der Waals surface area contributed by atoms with E-state index in [9.17, 15) is 0 Å². The highest BCUT2D eigenvalue weighted by molar-refractivity contribution is 7.80. The maximum atomic E-state index is 5.93. The van der Waals surface area contributed by atoms with Gasteiger partial charge in [-0.05, 0) is 29.9 Å². The van der Waals surface area contributed by atoms with Crippen molar-refractivity contribution in [3.63, 3.8) is 0 Å². The topological polar surface area (TPSA) is 18.5 Å². The number of hydrogen-bond donors (Lipinski definition) is 1. The summed E-state index contributed by atoms with van der Waals surface area (Å²) in [7, 11) is 0. The van der Waals surface area contributed by atoms with Gasteiger partial charge in [-0.1, -0.05) is 20.8 Å². The van der Waals surface area contributed by atoms with Gasteiger partial charge in [0.05, 0.1) is 12.7 Å². The highest BCUT2D eigenvalue weighted by atomic mass is 32.1. The van der Waals surface area contributed by atoms with E-state index in [0.717, 1.165) is 38.4 Å². The zero-order valence-electron chi connectivity index (χ0n) is 10.2. The number of ether oxygens (including phenoxy) is 2. The lowest BCUT2D eigenvalue weighted by atomic mass is 9.82. The SMILES string of the molecule is CC(C)(C)C(CS)COC1CCOCC1. The first-order valence-corrected chi connectivity index (χ1v) is 6.47. The molecule has 0 N–H and O–H groups in total. The van der Waals surface area contributed by atoms with Gasteiger partial charge in [0.1, 0.15) is 0 Å². The second kappa shape index (κ2) is 6.12. The van der Waals surface area contributed by atoms with Crippen LogP contribution in [0.3, 0.4) is 0 Å². The number of hydrogen-bond acceptors (Lipinski definition) is 3. The molecule has 1 unspecified atom stereocenters. The summed E-state index contributed by atoms with van der Waals surface area (Å²) in [4.78, 5) is 0. The molecule has 1 aliphatic heterocycles. The molecule has 1 atom stereocenters. The van der Waals surface area contributed by atoms with E-state index in [-0.39, 0.29) is 5.41 Å². The van der Waals surface area contributed by atoms with Crippen molar-refractivity contribution in [3.8, 4) is 0 Å². The zero-order valence-corrected chi connectivity index (χ0v) is 11.1. The van der Waals surface area contributed by atoms with Crippen LogP contribution in [-0.4, -0.2) is 31.7 Å². The maximum absolute atomic E-state index is 5.93. The molecule has 90 valence electrons. The smallest absolute Gasteiger partial charge is 0.0619 e. The predicted molar refractivity (Wildman–Crippen MR) is 66.6 cm³/mol. The molecule has 0 bridgehead atoms. The molecular weight excluding hydrogens is 208 g/mol. The Bertz CT molecular complexity index is 171. The lowest BCUT2D eigenvalue weighted by Gasteiger charge is -2.31. The van der Waals surface area contributed by atoms with E-state index < -0.39 is 0 Å². The van der Waals surface area contributed by atoms with Crippen LogP contribution in [0.1, 0.15) is 33.6 Å². The van der Waals surface area contributed by atoms with E-state index in [2.05, 4.69) is 33.4 Å². The van der Waals surface area contributed by atoms with Crippen molar-refractivity contribution in [2.45, 2.75) is 39.7 Å². The Morgan fingerprint density at radius 2 is 1.93 bits per heavy atom. The first-order valence-electron chi connectivity index (χ1n) is 5.84. The van der Waals surface area contributed by atoms with Gasteiger partial charge in [0.25, 0.3) is 0 Å². The molecule has 1 fully saturated rings. The molecule has 0 radical (unpaired) electrons. The van der Waals surface area contributed by atoms with E-state index >= 15 is 0 Å². The van der Waals surface area contributed by atoms with Crippen LogP contribution >= 0.6 is 12.6 Å². The van der Waals surface area contributed by atoms with E-state index in [4.69, 9.17) is 9.47 Å². The van der Waals surface area contributed by atoms with Crippen molar-refractivity contribution >= 4 is 12.6 Å². The fraction of sp³-hybridized carbons (Fsp3) is 1.00. The van der Waals surface area contributed by atoms with E-state index in [0.29, 0.717) is 12.0 Å². The van der Waals surface area contributed by atoms with Crippen molar-refractivity contribution in [3.05, 3.63) is 0 Å². The molecule has 0 aromatic carbocycles. The molecule has 1 heterocycles. The van der Waals surface area contributed by atoms with Crippen LogP contribution in [0.2, 0.25) is 0 Å². The predicted octanol–water partition coefficient (Wildman–Crippen LogP) is 2.77. The molecule has 1 aliphatic rings. The van der Waals surface area contributed by atoms with Crippen LogP contribution in [0.4, 0.5) is 0 Å². The molecule has 0 amide bonds. The molecule has 0 aromatic heterocycles. The van der Waals surface area contributed by atoms with Gasteiger partial charge >= 0.3 is 0 Å². The summed E-state index contributed by atoms with van der Waals surface area (Å²) in [6.07, 6.45) is 2.50. The summed E-state index contributed by atoms with van der Waals surface area (Å²) in [5.74, 6) is 1.43. The fourth-order valence-electron chi connectivity index (χ4n) is 1.67. The van der Waals surface area contributed by atoms with Gasteiger partial charge in [-0.15, -0.1) is 0 Å². The van der Waals surface area contributed by atoms with Crippen molar-refractivity contribution < 1.29 is 9.47 Å². The van der Waals surface area contributed by atoms with Gasteiger partial charge in [0, 0.05) is 13.2 Å². The quantitative estimate of drug-likeness (QED) is 0.751. The van der Waals surface area contributed by atoms with E-state index in [1.807, 2.05) is 0 Å². The number of rotatable bonds is 4. The second-order valence-electron chi connectivity index (χ2n) is 5.39. The Morgan fingerprint density at radius 3 is 2.40 bits per heavy atom. The molecule has 0 aliphatic carbocycles. The summed E-state index contributed by atoms with van der Waals surface area (Å²) in [5.41, 5.74) is 0.285.